The fourth-order valence-electron chi connectivity index (χ4n) is 1.96. The highest BCUT2D eigenvalue weighted by atomic mass is 19.1. The van der Waals surface area contributed by atoms with Crippen LogP contribution in [0, 0.1) is 11.6 Å². The summed E-state index contributed by atoms with van der Waals surface area (Å²) in [7, 11) is 2.95. The number of ether oxygens (including phenoxy) is 2. The van der Waals surface area contributed by atoms with Crippen LogP contribution >= 0.6 is 0 Å². The molecule has 0 saturated carbocycles. The van der Waals surface area contributed by atoms with Gasteiger partial charge < -0.3 is 14.6 Å². The van der Waals surface area contributed by atoms with E-state index in [1.807, 2.05) is 0 Å². The van der Waals surface area contributed by atoms with Gasteiger partial charge in [0.2, 0.25) is 0 Å². The van der Waals surface area contributed by atoms with E-state index in [9.17, 15) is 13.9 Å². The molecule has 0 spiro atoms. The first kappa shape index (κ1) is 14.3. The first-order valence-corrected chi connectivity index (χ1v) is 5.91. The Morgan fingerprint density at radius 2 is 1.60 bits per heavy atom. The molecule has 0 aliphatic rings. The Morgan fingerprint density at radius 3 is 2.15 bits per heavy atom. The molecule has 0 fully saturated rings. The molecule has 2 aromatic rings. The Kier molecular flexibility index (Phi) is 4.20. The number of aliphatic hydroxyl groups excluding tert-OH is 1. The molecule has 2 aromatic carbocycles. The van der Waals surface area contributed by atoms with E-state index >= 15 is 0 Å². The van der Waals surface area contributed by atoms with E-state index in [0.29, 0.717) is 17.1 Å². The summed E-state index contributed by atoms with van der Waals surface area (Å²) in [6, 6.07) is 7.73. The predicted molar refractivity (Wildman–Crippen MR) is 70.0 cm³/mol. The van der Waals surface area contributed by atoms with Crippen molar-refractivity contribution in [2.45, 2.75) is 6.10 Å². The van der Waals surface area contributed by atoms with Crippen LogP contribution < -0.4 is 9.47 Å². The van der Waals surface area contributed by atoms with E-state index in [-0.39, 0.29) is 5.56 Å². The van der Waals surface area contributed by atoms with E-state index in [0.717, 1.165) is 18.2 Å². The minimum atomic E-state index is -1.19. The molecule has 0 radical (unpaired) electrons. The van der Waals surface area contributed by atoms with Crippen LogP contribution in [0.1, 0.15) is 17.2 Å². The molecule has 0 aliphatic heterocycles. The van der Waals surface area contributed by atoms with Gasteiger partial charge in [0.15, 0.2) is 0 Å². The zero-order chi connectivity index (χ0) is 14.7. The Morgan fingerprint density at radius 1 is 0.950 bits per heavy atom. The number of benzene rings is 2. The lowest BCUT2D eigenvalue weighted by molar-refractivity contribution is 0.213. The zero-order valence-corrected chi connectivity index (χ0v) is 11.1. The van der Waals surface area contributed by atoms with Gasteiger partial charge in [-0.3, -0.25) is 0 Å². The molecule has 1 atom stereocenters. The van der Waals surface area contributed by atoms with Crippen molar-refractivity contribution in [3.8, 4) is 11.5 Å². The lowest BCUT2D eigenvalue weighted by atomic mass is 10.00. The van der Waals surface area contributed by atoms with Crippen molar-refractivity contribution in [1.82, 2.24) is 0 Å². The SMILES string of the molecule is COc1ccc(C(O)c2cc(F)cc(F)c2)c(OC)c1. The molecule has 0 heterocycles. The van der Waals surface area contributed by atoms with Gasteiger partial charge in [0.05, 0.1) is 14.2 Å². The molecule has 3 nitrogen and oxygen atoms in total. The second-order valence-electron chi connectivity index (χ2n) is 4.21. The van der Waals surface area contributed by atoms with Gasteiger partial charge in [-0.15, -0.1) is 0 Å². The van der Waals surface area contributed by atoms with Gasteiger partial charge in [-0.2, -0.15) is 0 Å². The quantitative estimate of drug-likeness (QED) is 0.935. The zero-order valence-electron chi connectivity index (χ0n) is 11.1. The standard InChI is InChI=1S/C15H14F2O3/c1-19-12-3-4-13(14(8-12)20-2)15(18)9-5-10(16)7-11(17)6-9/h3-8,15,18H,1-2H3. The van der Waals surface area contributed by atoms with Crippen molar-refractivity contribution in [2.75, 3.05) is 14.2 Å². The molecule has 0 aliphatic carbocycles. The smallest absolute Gasteiger partial charge is 0.128 e. The maximum absolute atomic E-state index is 13.2. The van der Waals surface area contributed by atoms with Crippen molar-refractivity contribution in [3.63, 3.8) is 0 Å². The van der Waals surface area contributed by atoms with Gasteiger partial charge in [0, 0.05) is 17.7 Å². The normalized spacial score (nSPS) is 12.1. The van der Waals surface area contributed by atoms with Crippen molar-refractivity contribution in [3.05, 3.63) is 59.2 Å². The van der Waals surface area contributed by atoms with Crippen molar-refractivity contribution < 1.29 is 23.4 Å². The molecule has 1 unspecified atom stereocenters. The van der Waals surface area contributed by atoms with Crippen LogP contribution in [0.4, 0.5) is 8.78 Å². The van der Waals surface area contributed by atoms with Crippen LogP contribution in [0.15, 0.2) is 36.4 Å². The molecule has 0 aromatic heterocycles. The molecule has 0 amide bonds. The summed E-state index contributed by atoms with van der Waals surface area (Å²) in [4.78, 5) is 0. The minimum Gasteiger partial charge on any atom is -0.497 e. The summed E-state index contributed by atoms with van der Waals surface area (Å²) in [6.07, 6.45) is -1.19. The molecular weight excluding hydrogens is 266 g/mol. The second-order valence-corrected chi connectivity index (χ2v) is 4.21. The van der Waals surface area contributed by atoms with Crippen LogP contribution in [0.3, 0.4) is 0 Å². The predicted octanol–water partition coefficient (Wildman–Crippen LogP) is 3.06. The minimum absolute atomic E-state index is 0.117. The van der Waals surface area contributed by atoms with Gasteiger partial charge in [-0.05, 0) is 29.8 Å². The van der Waals surface area contributed by atoms with Crippen molar-refractivity contribution in [2.24, 2.45) is 0 Å². The van der Waals surface area contributed by atoms with Crippen LogP contribution in [-0.2, 0) is 0 Å². The lowest BCUT2D eigenvalue weighted by Crippen LogP contribution is -2.04. The maximum atomic E-state index is 13.2. The Balaban J connectivity index is 2.44. The van der Waals surface area contributed by atoms with Crippen LogP contribution in [0.2, 0.25) is 0 Å². The Bertz CT molecular complexity index is 594. The molecule has 0 bridgehead atoms. The molecule has 106 valence electrons. The first-order chi connectivity index (χ1) is 9.55. The number of methoxy groups -OCH3 is 2. The van der Waals surface area contributed by atoms with E-state index in [4.69, 9.17) is 9.47 Å². The highest BCUT2D eigenvalue weighted by molar-refractivity contribution is 5.45. The average Bonchev–Trinajstić information content (AvgIpc) is 2.44. The molecule has 0 saturated heterocycles. The maximum Gasteiger partial charge on any atom is 0.128 e. The monoisotopic (exact) mass is 280 g/mol. The number of aliphatic hydroxyl groups is 1. The van der Waals surface area contributed by atoms with Crippen LogP contribution in [0.5, 0.6) is 11.5 Å². The topological polar surface area (TPSA) is 38.7 Å². The highest BCUT2D eigenvalue weighted by Crippen LogP contribution is 2.33. The summed E-state index contributed by atoms with van der Waals surface area (Å²) in [5.41, 5.74) is 0.518. The Labute approximate surface area is 115 Å². The van der Waals surface area contributed by atoms with E-state index in [1.54, 1.807) is 18.2 Å². The summed E-state index contributed by atoms with van der Waals surface area (Å²) < 4.78 is 36.6. The summed E-state index contributed by atoms with van der Waals surface area (Å²) in [5.74, 6) is -0.553. The van der Waals surface area contributed by atoms with Gasteiger partial charge in [0.25, 0.3) is 0 Å². The fraction of sp³-hybridized carbons (Fsp3) is 0.200. The number of rotatable bonds is 4. The average molecular weight is 280 g/mol. The van der Waals surface area contributed by atoms with Crippen LogP contribution in [-0.4, -0.2) is 19.3 Å². The van der Waals surface area contributed by atoms with Gasteiger partial charge >= 0.3 is 0 Å². The van der Waals surface area contributed by atoms with Gasteiger partial charge in [-0.25, -0.2) is 8.78 Å². The molecule has 5 heteroatoms. The number of halogens is 2. The Hall–Kier alpha value is -2.14. The summed E-state index contributed by atoms with van der Waals surface area (Å²) in [6.45, 7) is 0. The molecular formula is C15H14F2O3. The van der Waals surface area contributed by atoms with E-state index < -0.39 is 17.7 Å². The third-order valence-electron chi connectivity index (χ3n) is 2.94. The lowest BCUT2D eigenvalue weighted by Gasteiger charge is -2.16. The van der Waals surface area contributed by atoms with Gasteiger partial charge in [0.1, 0.15) is 29.2 Å². The number of hydrogen-bond donors (Lipinski definition) is 1. The molecule has 2 rings (SSSR count). The molecule has 20 heavy (non-hydrogen) atoms. The first-order valence-electron chi connectivity index (χ1n) is 5.91. The van der Waals surface area contributed by atoms with E-state index in [2.05, 4.69) is 0 Å². The summed E-state index contributed by atoms with van der Waals surface area (Å²) in [5, 5.41) is 10.3. The second kappa shape index (κ2) is 5.88. The third kappa shape index (κ3) is 2.88. The fourth-order valence-corrected chi connectivity index (χ4v) is 1.96. The van der Waals surface area contributed by atoms with Crippen molar-refractivity contribution in [1.29, 1.82) is 0 Å². The van der Waals surface area contributed by atoms with Crippen LogP contribution in [0.25, 0.3) is 0 Å². The van der Waals surface area contributed by atoms with E-state index in [1.165, 1.54) is 14.2 Å². The van der Waals surface area contributed by atoms with Gasteiger partial charge in [-0.1, -0.05) is 0 Å². The highest BCUT2D eigenvalue weighted by Gasteiger charge is 2.17. The number of hydrogen-bond acceptors (Lipinski definition) is 3. The summed E-state index contributed by atoms with van der Waals surface area (Å²) >= 11 is 0. The third-order valence-corrected chi connectivity index (χ3v) is 2.94. The molecule has 1 N–H and O–H groups in total. The van der Waals surface area contributed by atoms with Crippen molar-refractivity contribution >= 4 is 0 Å². The largest absolute Gasteiger partial charge is 0.497 e.